The minimum Gasteiger partial charge on any atom is -0.398 e. The van der Waals surface area contributed by atoms with Gasteiger partial charge in [-0.1, -0.05) is 6.07 Å². The minimum atomic E-state index is -0.0999. The van der Waals surface area contributed by atoms with E-state index in [-0.39, 0.29) is 12.6 Å². The van der Waals surface area contributed by atoms with Gasteiger partial charge in [0.05, 0.1) is 19.3 Å². The van der Waals surface area contributed by atoms with Gasteiger partial charge < -0.3 is 20.9 Å². The number of aliphatic hydroxyl groups excluding tert-OH is 1. The number of benzene rings is 1. The van der Waals surface area contributed by atoms with Gasteiger partial charge in [-0.2, -0.15) is 0 Å². The first-order valence-corrected chi connectivity index (χ1v) is 4.90. The third-order valence-electron chi connectivity index (χ3n) is 2.24. The number of nitrogens with two attached hydrogens (primary N) is 1. The molecule has 84 valence electrons. The molecule has 0 fully saturated rings. The first-order valence-electron chi connectivity index (χ1n) is 4.90. The molecule has 0 heterocycles. The van der Waals surface area contributed by atoms with E-state index < -0.39 is 0 Å². The lowest BCUT2D eigenvalue weighted by molar-refractivity contribution is 0.153. The molecule has 1 aromatic carbocycles. The lowest BCUT2D eigenvalue weighted by Crippen LogP contribution is -2.28. The second-order valence-electron chi connectivity index (χ2n) is 3.55. The fourth-order valence-corrected chi connectivity index (χ4v) is 1.31. The van der Waals surface area contributed by atoms with Gasteiger partial charge in [-0.05, 0) is 24.6 Å². The van der Waals surface area contributed by atoms with Gasteiger partial charge in [-0.3, -0.25) is 0 Å². The van der Waals surface area contributed by atoms with Crippen molar-refractivity contribution in [1.82, 2.24) is 0 Å². The van der Waals surface area contributed by atoms with Crippen LogP contribution in [-0.4, -0.2) is 31.5 Å². The smallest absolute Gasteiger partial charge is 0.0725 e. The van der Waals surface area contributed by atoms with Gasteiger partial charge in [-0.15, -0.1) is 0 Å². The van der Waals surface area contributed by atoms with Gasteiger partial charge in [0, 0.05) is 18.5 Å². The van der Waals surface area contributed by atoms with Crippen molar-refractivity contribution in [2.24, 2.45) is 0 Å². The van der Waals surface area contributed by atoms with Gasteiger partial charge in [0.2, 0.25) is 0 Å². The molecule has 0 amide bonds. The Bertz CT molecular complexity index is 315. The summed E-state index contributed by atoms with van der Waals surface area (Å²) >= 11 is 0. The third-order valence-corrected chi connectivity index (χ3v) is 2.24. The van der Waals surface area contributed by atoms with Crippen molar-refractivity contribution < 1.29 is 9.84 Å². The average molecular weight is 210 g/mol. The van der Waals surface area contributed by atoms with Gasteiger partial charge in [0.15, 0.2) is 0 Å². The molecule has 0 aliphatic heterocycles. The maximum atomic E-state index is 9.07. The van der Waals surface area contributed by atoms with Crippen molar-refractivity contribution in [3.63, 3.8) is 0 Å². The number of rotatable bonds is 5. The maximum absolute atomic E-state index is 9.07. The zero-order chi connectivity index (χ0) is 11.3. The Kier molecular flexibility index (Phi) is 4.39. The SMILES string of the molecule is COCC(CO)Nc1ccc(C)c(N)c1. The standard InChI is InChI=1S/C11H18N2O2/c1-8-3-4-9(5-11(8)12)13-10(6-14)7-15-2/h3-5,10,13-14H,6-7,12H2,1-2H3. The number of hydrogen-bond acceptors (Lipinski definition) is 4. The third kappa shape index (κ3) is 3.42. The summed E-state index contributed by atoms with van der Waals surface area (Å²) in [5.74, 6) is 0. The molecular formula is C11H18N2O2. The molecule has 0 radical (unpaired) electrons. The summed E-state index contributed by atoms with van der Waals surface area (Å²) in [4.78, 5) is 0. The molecule has 0 saturated heterocycles. The van der Waals surface area contributed by atoms with Gasteiger partial charge in [0.1, 0.15) is 0 Å². The van der Waals surface area contributed by atoms with Crippen LogP contribution in [0.5, 0.6) is 0 Å². The summed E-state index contributed by atoms with van der Waals surface area (Å²) in [6, 6.07) is 5.63. The Morgan fingerprint density at radius 2 is 2.27 bits per heavy atom. The van der Waals surface area contributed by atoms with E-state index in [1.165, 1.54) is 0 Å². The lowest BCUT2D eigenvalue weighted by atomic mass is 10.2. The number of methoxy groups -OCH3 is 1. The van der Waals surface area contributed by atoms with Crippen LogP contribution >= 0.6 is 0 Å². The number of aliphatic hydroxyl groups is 1. The molecule has 1 rings (SSSR count). The Balaban J connectivity index is 2.66. The number of aryl methyl sites for hydroxylation is 1. The van der Waals surface area contributed by atoms with Crippen LogP contribution in [0.3, 0.4) is 0 Å². The van der Waals surface area contributed by atoms with Crippen LogP contribution in [-0.2, 0) is 4.74 Å². The van der Waals surface area contributed by atoms with Crippen LogP contribution in [0.1, 0.15) is 5.56 Å². The number of nitrogens with one attached hydrogen (secondary N) is 1. The molecule has 1 aromatic rings. The summed E-state index contributed by atoms with van der Waals surface area (Å²) in [6.07, 6.45) is 0. The maximum Gasteiger partial charge on any atom is 0.0725 e. The molecular weight excluding hydrogens is 192 g/mol. The Morgan fingerprint density at radius 1 is 1.53 bits per heavy atom. The van der Waals surface area contributed by atoms with E-state index in [9.17, 15) is 0 Å². The van der Waals surface area contributed by atoms with Crippen molar-refractivity contribution in [1.29, 1.82) is 0 Å². The van der Waals surface area contributed by atoms with Crippen LogP contribution in [0.25, 0.3) is 0 Å². The molecule has 4 nitrogen and oxygen atoms in total. The number of hydrogen-bond donors (Lipinski definition) is 3. The molecule has 4 heteroatoms. The quantitative estimate of drug-likeness (QED) is 0.634. The summed E-state index contributed by atoms with van der Waals surface area (Å²) in [7, 11) is 1.61. The second kappa shape index (κ2) is 5.58. The van der Waals surface area contributed by atoms with Crippen molar-refractivity contribution >= 4 is 11.4 Å². The highest BCUT2D eigenvalue weighted by Gasteiger charge is 2.06. The summed E-state index contributed by atoms with van der Waals surface area (Å²) in [6.45, 7) is 2.45. The zero-order valence-corrected chi connectivity index (χ0v) is 9.16. The first-order chi connectivity index (χ1) is 7.17. The van der Waals surface area contributed by atoms with Crippen molar-refractivity contribution in [2.75, 3.05) is 31.4 Å². The van der Waals surface area contributed by atoms with Gasteiger partial charge >= 0.3 is 0 Å². The molecule has 0 aromatic heterocycles. The zero-order valence-electron chi connectivity index (χ0n) is 9.16. The van der Waals surface area contributed by atoms with Crippen molar-refractivity contribution in [2.45, 2.75) is 13.0 Å². The molecule has 0 saturated carbocycles. The van der Waals surface area contributed by atoms with E-state index in [1.54, 1.807) is 7.11 Å². The molecule has 4 N–H and O–H groups in total. The van der Waals surface area contributed by atoms with Crippen LogP contribution in [0, 0.1) is 6.92 Å². The average Bonchev–Trinajstić information content (AvgIpc) is 2.23. The normalized spacial score (nSPS) is 12.5. The first kappa shape index (κ1) is 11.8. The van der Waals surface area contributed by atoms with Crippen LogP contribution in [0.15, 0.2) is 18.2 Å². The van der Waals surface area contributed by atoms with Crippen LogP contribution in [0.4, 0.5) is 11.4 Å². The van der Waals surface area contributed by atoms with E-state index in [4.69, 9.17) is 15.6 Å². The molecule has 1 atom stereocenters. The number of anilines is 2. The van der Waals surface area contributed by atoms with Gasteiger partial charge in [0.25, 0.3) is 0 Å². The van der Waals surface area contributed by atoms with E-state index in [1.807, 2.05) is 25.1 Å². The molecule has 0 aliphatic rings. The molecule has 0 bridgehead atoms. The fraction of sp³-hybridized carbons (Fsp3) is 0.455. The lowest BCUT2D eigenvalue weighted by Gasteiger charge is -2.17. The van der Waals surface area contributed by atoms with Crippen molar-refractivity contribution in [3.8, 4) is 0 Å². The summed E-state index contributed by atoms with van der Waals surface area (Å²) in [5.41, 5.74) is 8.47. The van der Waals surface area contributed by atoms with Crippen LogP contribution in [0.2, 0.25) is 0 Å². The molecule has 1 unspecified atom stereocenters. The topological polar surface area (TPSA) is 67.5 Å². The Labute approximate surface area is 90.1 Å². The fourth-order valence-electron chi connectivity index (χ4n) is 1.31. The predicted molar refractivity (Wildman–Crippen MR) is 62.0 cm³/mol. The number of ether oxygens (including phenoxy) is 1. The highest BCUT2D eigenvalue weighted by atomic mass is 16.5. The summed E-state index contributed by atoms with van der Waals surface area (Å²) in [5, 5.41) is 12.2. The van der Waals surface area contributed by atoms with E-state index in [2.05, 4.69) is 5.32 Å². The Hall–Kier alpha value is -1.26. The van der Waals surface area contributed by atoms with Crippen LogP contribution < -0.4 is 11.1 Å². The minimum absolute atomic E-state index is 0.0294. The van der Waals surface area contributed by atoms with E-state index >= 15 is 0 Å². The molecule has 0 spiro atoms. The van der Waals surface area contributed by atoms with Gasteiger partial charge in [-0.25, -0.2) is 0 Å². The van der Waals surface area contributed by atoms with E-state index in [0.717, 1.165) is 16.9 Å². The monoisotopic (exact) mass is 210 g/mol. The predicted octanol–water partition coefficient (Wildman–Crippen LogP) is 0.996. The van der Waals surface area contributed by atoms with Crippen molar-refractivity contribution in [3.05, 3.63) is 23.8 Å². The summed E-state index contributed by atoms with van der Waals surface area (Å²) < 4.78 is 4.97. The highest BCUT2D eigenvalue weighted by molar-refractivity contribution is 5.58. The number of nitrogen functional groups attached to an aromatic ring is 1. The molecule has 15 heavy (non-hydrogen) atoms. The Morgan fingerprint density at radius 3 is 2.80 bits per heavy atom. The van der Waals surface area contributed by atoms with E-state index in [0.29, 0.717) is 6.61 Å². The second-order valence-corrected chi connectivity index (χ2v) is 3.55. The highest BCUT2D eigenvalue weighted by Crippen LogP contribution is 2.17. The largest absolute Gasteiger partial charge is 0.398 e. The molecule has 0 aliphatic carbocycles.